The minimum absolute atomic E-state index is 0.0850. The number of carbonyl (C=O) groups excluding carboxylic acids is 1. The quantitative estimate of drug-likeness (QED) is 0.314. The van der Waals surface area contributed by atoms with Crippen LogP contribution in [0.2, 0.25) is 0 Å². The summed E-state index contributed by atoms with van der Waals surface area (Å²) in [7, 11) is 0. The highest BCUT2D eigenvalue weighted by atomic mass is 32.1. The fourth-order valence-corrected chi connectivity index (χ4v) is 5.15. The van der Waals surface area contributed by atoms with Crippen molar-refractivity contribution >= 4 is 23.2 Å². The van der Waals surface area contributed by atoms with E-state index in [1.807, 2.05) is 12.1 Å². The molecule has 1 aromatic heterocycles. The van der Waals surface area contributed by atoms with Crippen molar-refractivity contribution in [3.8, 4) is 16.9 Å². The SMILES string of the molecule is Cc1cc(OCC(C)(C)Cc2ccc(C(=O)NCCC(=O)O)s2)ccc1-c1ccc(C(C)(C)C)cc1. The second-order valence-corrected chi connectivity index (χ2v) is 12.3. The number of aliphatic carboxylic acids is 1. The van der Waals surface area contributed by atoms with Crippen molar-refractivity contribution in [1.82, 2.24) is 5.32 Å². The first-order valence-corrected chi connectivity index (χ1v) is 13.1. The number of carbonyl (C=O) groups is 2. The lowest BCUT2D eigenvalue weighted by molar-refractivity contribution is -0.136. The number of rotatable bonds is 10. The van der Waals surface area contributed by atoms with E-state index in [2.05, 4.69) is 83.3 Å². The lowest BCUT2D eigenvalue weighted by Crippen LogP contribution is -2.25. The Labute approximate surface area is 218 Å². The van der Waals surface area contributed by atoms with Gasteiger partial charge in [0, 0.05) is 16.8 Å². The van der Waals surface area contributed by atoms with Gasteiger partial charge in [0.05, 0.1) is 17.9 Å². The van der Waals surface area contributed by atoms with Gasteiger partial charge < -0.3 is 15.2 Å². The Morgan fingerprint density at radius 1 is 0.972 bits per heavy atom. The maximum absolute atomic E-state index is 12.2. The monoisotopic (exact) mass is 507 g/mol. The molecule has 0 aliphatic heterocycles. The average molecular weight is 508 g/mol. The number of thiophene rings is 1. The predicted octanol–water partition coefficient (Wildman–Crippen LogP) is 6.87. The van der Waals surface area contributed by atoms with Gasteiger partial charge in [0.1, 0.15) is 5.75 Å². The fraction of sp³-hybridized carbons (Fsp3) is 0.400. The smallest absolute Gasteiger partial charge is 0.305 e. The van der Waals surface area contributed by atoms with E-state index in [9.17, 15) is 9.59 Å². The maximum atomic E-state index is 12.2. The number of aryl methyl sites for hydroxylation is 1. The summed E-state index contributed by atoms with van der Waals surface area (Å²) in [6, 6.07) is 18.8. The second kappa shape index (κ2) is 11.3. The third-order valence-electron chi connectivity index (χ3n) is 6.05. The molecule has 0 saturated carbocycles. The molecule has 0 atom stereocenters. The molecule has 3 aromatic rings. The minimum Gasteiger partial charge on any atom is -0.493 e. The Kier molecular flexibility index (Phi) is 8.62. The van der Waals surface area contributed by atoms with Gasteiger partial charge in [-0.25, -0.2) is 0 Å². The first kappa shape index (κ1) is 27.5. The molecule has 3 rings (SSSR count). The molecule has 192 valence electrons. The van der Waals surface area contributed by atoms with Crippen LogP contribution < -0.4 is 10.1 Å². The second-order valence-electron chi connectivity index (χ2n) is 11.1. The molecule has 2 aromatic carbocycles. The molecule has 0 aliphatic carbocycles. The Morgan fingerprint density at radius 3 is 2.28 bits per heavy atom. The number of ether oxygens (including phenoxy) is 1. The summed E-state index contributed by atoms with van der Waals surface area (Å²) in [5, 5.41) is 11.4. The van der Waals surface area contributed by atoms with Gasteiger partial charge >= 0.3 is 5.97 Å². The summed E-state index contributed by atoms with van der Waals surface area (Å²) < 4.78 is 6.18. The number of carboxylic acid groups (broad SMARTS) is 1. The van der Waals surface area contributed by atoms with E-state index < -0.39 is 5.97 Å². The van der Waals surface area contributed by atoms with Gasteiger partial charge in [0.25, 0.3) is 5.91 Å². The molecule has 0 fully saturated rings. The molecule has 0 saturated heterocycles. The molecular weight excluding hydrogens is 470 g/mol. The Balaban J connectivity index is 1.58. The highest BCUT2D eigenvalue weighted by molar-refractivity contribution is 7.14. The van der Waals surface area contributed by atoms with Crippen molar-refractivity contribution in [3.63, 3.8) is 0 Å². The van der Waals surface area contributed by atoms with Crippen LogP contribution in [0, 0.1) is 12.3 Å². The lowest BCUT2D eigenvalue weighted by Gasteiger charge is -2.24. The molecule has 0 unspecified atom stereocenters. The third kappa shape index (κ3) is 7.69. The van der Waals surface area contributed by atoms with Crippen LogP contribution in [-0.2, 0) is 16.6 Å². The van der Waals surface area contributed by atoms with Crippen LogP contribution in [0.4, 0.5) is 0 Å². The van der Waals surface area contributed by atoms with Gasteiger partial charge in [-0.1, -0.05) is 65.0 Å². The van der Waals surface area contributed by atoms with Crippen molar-refractivity contribution in [2.45, 2.75) is 59.8 Å². The van der Waals surface area contributed by atoms with Crippen molar-refractivity contribution < 1.29 is 19.4 Å². The Hall–Kier alpha value is -3.12. The van der Waals surface area contributed by atoms with E-state index in [0.29, 0.717) is 11.5 Å². The molecule has 6 heteroatoms. The van der Waals surface area contributed by atoms with E-state index >= 15 is 0 Å². The van der Waals surface area contributed by atoms with Crippen molar-refractivity contribution in [3.05, 3.63) is 75.5 Å². The fourth-order valence-electron chi connectivity index (χ4n) is 3.97. The maximum Gasteiger partial charge on any atom is 0.305 e. The van der Waals surface area contributed by atoms with Gasteiger partial charge in [-0.2, -0.15) is 0 Å². The first-order chi connectivity index (χ1) is 16.8. The number of hydrogen-bond acceptors (Lipinski definition) is 4. The summed E-state index contributed by atoms with van der Waals surface area (Å²) in [5.74, 6) is -0.311. The van der Waals surface area contributed by atoms with Crippen LogP contribution in [-0.4, -0.2) is 30.1 Å². The molecule has 0 aliphatic rings. The van der Waals surface area contributed by atoms with Crippen LogP contribution >= 0.6 is 11.3 Å². The largest absolute Gasteiger partial charge is 0.493 e. The molecular formula is C30H37NO4S. The summed E-state index contributed by atoms with van der Waals surface area (Å²) in [6.07, 6.45) is 0.690. The van der Waals surface area contributed by atoms with Gasteiger partial charge in [-0.15, -0.1) is 11.3 Å². The standard InChI is InChI=1S/C30H37NO4S/c1-20-17-23(11-13-25(20)21-7-9-22(10-8-21)29(2,3)4)35-19-30(5,6)18-24-12-14-26(36-24)28(34)31-16-15-27(32)33/h7-14,17H,15-16,18-19H2,1-6H3,(H,31,34)(H,32,33). The zero-order valence-corrected chi connectivity index (χ0v) is 22.9. The van der Waals surface area contributed by atoms with Gasteiger partial charge in [0.2, 0.25) is 0 Å². The Bertz CT molecular complexity index is 1200. The van der Waals surface area contributed by atoms with Crippen molar-refractivity contribution in [2.24, 2.45) is 5.41 Å². The first-order valence-electron chi connectivity index (χ1n) is 12.3. The van der Waals surface area contributed by atoms with E-state index in [0.717, 1.165) is 17.0 Å². The number of nitrogens with one attached hydrogen (secondary N) is 1. The highest BCUT2D eigenvalue weighted by Gasteiger charge is 2.22. The van der Waals surface area contributed by atoms with Crippen LogP contribution in [0.15, 0.2) is 54.6 Å². The topological polar surface area (TPSA) is 75.6 Å². The summed E-state index contributed by atoms with van der Waals surface area (Å²) >= 11 is 1.44. The molecule has 0 radical (unpaired) electrons. The van der Waals surface area contributed by atoms with E-state index in [-0.39, 0.29) is 29.7 Å². The van der Waals surface area contributed by atoms with E-state index in [1.165, 1.54) is 33.6 Å². The lowest BCUT2D eigenvalue weighted by atomic mass is 9.86. The van der Waals surface area contributed by atoms with Crippen molar-refractivity contribution in [1.29, 1.82) is 0 Å². The molecule has 5 nitrogen and oxygen atoms in total. The molecule has 0 spiro atoms. The van der Waals surface area contributed by atoms with Gasteiger partial charge in [-0.3, -0.25) is 9.59 Å². The Morgan fingerprint density at radius 2 is 1.67 bits per heavy atom. The minimum atomic E-state index is -0.927. The molecule has 1 amide bonds. The number of benzene rings is 2. The van der Waals surface area contributed by atoms with Gasteiger partial charge in [-0.05, 0) is 65.3 Å². The van der Waals surface area contributed by atoms with Crippen LogP contribution in [0.25, 0.3) is 11.1 Å². The molecule has 0 bridgehead atoms. The average Bonchev–Trinajstić information content (AvgIpc) is 3.25. The van der Waals surface area contributed by atoms with Crippen LogP contribution in [0.5, 0.6) is 5.75 Å². The predicted molar refractivity (Wildman–Crippen MR) is 147 cm³/mol. The van der Waals surface area contributed by atoms with E-state index in [4.69, 9.17) is 9.84 Å². The zero-order chi connectivity index (χ0) is 26.5. The van der Waals surface area contributed by atoms with Gasteiger partial charge in [0.15, 0.2) is 0 Å². The highest BCUT2D eigenvalue weighted by Crippen LogP contribution is 2.31. The summed E-state index contributed by atoms with van der Waals surface area (Å²) in [6.45, 7) is 13.7. The van der Waals surface area contributed by atoms with E-state index in [1.54, 1.807) is 6.07 Å². The van der Waals surface area contributed by atoms with Crippen LogP contribution in [0.3, 0.4) is 0 Å². The van der Waals surface area contributed by atoms with Crippen LogP contribution in [0.1, 0.15) is 66.7 Å². The molecule has 2 N–H and O–H groups in total. The molecule has 36 heavy (non-hydrogen) atoms. The zero-order valence-electron chi connectivity index (χ0n) is 22.1. The van der Waals surface area contributed by atoms with Crippen molar-refractivity contribution in [2.75, 3.05) is 13.2 Å². The third-order valence-corrected chi connectivity index (χ3v) is 7.14. The number of hydrogen-bond donors (Lipinski definition) is 2. The number of amides is 1. The normalized spacial score (nSPS) is 11.8. The summed E-state index contributed by atoms with van der Waals surface area (Å²) in [4.78, 5) is 24.5. The number of carboxylic acids is 1. The molecule has 1 heterocycles. The summed E-state index contributed by atoms with van der Waals surface area (Å²) in [5.41, 5.74) is 4.91.